The van der Waals surface area contributed by atoms with Crippen LogP contribution >= 0.6 is 11.8 Å². The standard InChI is InChI=1S/C24H21N3O2S/c1-16-7-10-21(13-17(16)2)30-20-11-8-19(9-12-20)26-23(28)15-27-24(29)22-6-4-3-5-18(22)14-25-27/h3-14H,15H2,1-2H3,(H,26,28). The molecule has 3 aromatic carbocycles. The number of hydrogen-bond acceptors (Lipinski definition) is 4. The molecule has 1 heterocycles. The number of carbonyl (C=O) groups is 1. The Hall–Kier alpha value is -3.38. The van der Waals surface area contributed by atoms with E-state index in [0.29, 0.717) is 11.1 Å². The summed E-state index contributed by atoms with van der Waals surface area (Å²) in [5.41, 5.74) is 2.94. The number of amides is 1. The van der Waals surface area contributed by atoms with Crippen LogP contribution in [0.25, 0.3) is 10.8 Å². The largest absolute Gasteiger partial charge is 0.324 e. The van der Waals surface area contributed by atoms with Crippen molar-refractivity contribution >= 4 is 34.1 Å². The number of fused-ring (bicyclic) bond motifs is 1. The molecule has 5 nitrogen and oxygen atoms in total. The molecule has 4 aromatic rings. The summed E-state index contributed by atoms with van der Waals surface area (Å²) in [5.74, 6) is -0.297. The second kappa shape index (κ2) is 8.55. The minimum absolute atomic E-state index is 0.136. The molecule has 0 fully saturated rings. The molecule has 0 radical (unpaired) electrons. The van der Waals surface area contributed by atoms with Crippen LogP contribution in [0.2, 0.25) is 0 Å². The maximum atomic E-state index is 12.5. The molecule has 6 heteroatoms. The van der Waals surface area contributed by atoms with Gasteiger partial charge in [0.2, 0.25) is 5.91 Å². The number of rotatable bonds is 5. The molecule has 0 saturated carbocycles. The molecule has 0 aliphatic heterocycles. The monoisotopic (exact) mass is 415 g/mol. The number of nitrogens with zero attached hydrogens (tertiary/aromatic N) is 2. The first-order chi connectivity index (χ1) is 14.5. The van der Waals surface area contributed by atoms with Crippen molar-refractivity contribution in [3.8, 4) is 0 Å². The van der Waals surface area contributed by atoms with Crippen LogP contribution in [-0.4, -0.2) is 15.7 Å². The molecule has 30 heavy (non-hydrogen) atoms. The van der Waals surface area contributed by atoms with Crippen LogP contribution in [0.4, 0.5) is 5.69 Å². The maximum Gasteiger partial charge on any atom is 0.275 e. The SMILES string of the molecule is Cc1ccc(Sc2ccc(NC(=O)Cn3ncc4ccccc4c3=O)cc2)cc1C. The van der Waals surface area contributed by atoms with Gasteiger partial charge in [-0.25, -0.2) is 4.68 Å². The highest BCUT2D eigenvalue weighted by atomic mass is 32.2. The minimum Gasteiger partial charge on any atom is -0.324 e. The number of anilines is 1. The van der Waals surface area contributed by atoms with Gasteiger partial charge in [0.25, 0.3) is 5.56 Å². The van der Waals surface area contributed by atoms with E-state index in [2.05, 4.69) is 42.5 Å². The van der Waals surface area contributed by atoms with Crippen LogP contribution in [0, 0.1) is 13.8 Å². The molecule has 0 aliphatic rings. The van der Waals surface area contributed by atoms with Crippen LogP contribution in [0.15, 0.2) is 87.5 Å². The summed E-state index contributed by atoms with van der Waals surface area (Å²) in [6.45, 7) is 4.07. The molecule has 0 aliphatic carbocycles. The Bertz CT molecular complexity index is 1280. The summed E-state index contributed by atoms with van der Waals surface area (Å²) in [6.07, 6.45) is 1.60. The summed E-state index contributed by atoms with van der Waals surface area (Å²) in [5, 5.41) is 8.24. The van der Waals surface area contributed by atoms with Crippen LogP contribution in [-0.2, 0) is 11.3 Å². The fourth-order valence-electron chi connectivity index (χ4n) is 3.10. The molecular weight excluding hydrogens is 394 g/mol. The summed E-state index contributed by atoms with van der Waals surface area (Å²) < 4.78 is 1.18. The molecule has 1 amide bonds. The van der Waals surface area contributed by atoms with Crippen molar-refractivity contribution in [3.05, 3.63) is 94.4 Å². The van der Waals surface area contributed by atoms with Crippen LogP contribution in [0.3, 0.4) is 0 Å². The van der Waals surface area contributed by atoms with E-state index in [1.54, 1.807) is 30.1 Å². The Labute approximate surface area is 178 Å². The summed E-state index contributed by atoms with van der Waals surface area (Å²) in [7, 11) is 0. The Kier molecular flexibility index (Phi) is 5.68. The third kappa shape index (κ3) is 4.44. The van der Waals surface area contributed by atoms with Gasteiger partial charge in [0.05, 0.1) is 11.6 Å². The third-order valence-electron chi connectivity index (χ3n) is 4.91. The van der Waals surface area contributed by atoms with Gasteiger partial charge < -0.3 is 5.32 Å². The van der Waals surface area contributed by atoms with Gasteiger partial charge >= 0.3 is 0 Å². The number of aromatic nitrogens is 2. The minimum atomic E-state index is -0.297. The molecule has 0 bridgehead atoms. The van der Waals surface area contributed by atoms with Gasteiger partial charge in [0.1, 0.15) is 6.54 Å². The molecule has 0 atom stereocenters. The van der Waals surface area contributed by atoms with Gasteiger partial charge in [-0.2, -0.15) is 5.10 Å². The smallest absolute Gasteiger partial charge is 0.275 e. The number of carbonyl (C=O) groups excluding carboxylic acids is 1. The van der Waals surface area contributed by atoms with Crippen molar-refractivity contribution in [1.29, 1.82) is 0 Å². The Morgan fingerprint density at radius 1 is 0.967 bits per heavy atom. The Morgan fingerprint density at radius 3 is 2.47 bits per heavy atom. The summed E-state index contributed by atoms with van der Waals surface area (Å²) in [4.78, 5) is 27.2. The van der Waals surface area contributed by atoms with Crippen molar-refractivity contribution in [3.63, 3.8) is 0 Å². The zero-order valence-electron chi connectivity index (χ0n) is 16.8. The first kappa shape index (κ1) is 19.9. The molecule has 0 spiro atoms. The van der Waals surface area contributed by atoms with Crippen molar-refractivity contribution in [1.82, 2.24) is 9.78 Å². The molecule has 1 aromatic heterocycles. The lowest BCUT2D eigenvalue weighted by molar-refractivity contribution is -0.117. The second-order valence-electron chi connectivity index (χ2n) is 7.12. The highest BCUT2D eigenvalue weighted by Gasteiger charge is 2.09. The second-order valence-corrected chi connectivity index (χ2v) is 8.26. The van der Waals surface area contributed by atoms with Crippen molar-refractivity contribution in [2.45, 2.75) is 30.2 Å². The van der Waals surface area contributed by atoms with Crippen molar-refractivity contribution < 1.29 is 4.79 Å². The lowest BCUT2D eigenvalue weighted by Crippen LogP contribution is -2.29. The maximum absolute atomic E-state index is 12.5. The van der Waals surface area contributed by atoms with E-state index >= 15 is 0 Å². The van der Waals surface area contributed by atoms with Gasteiger partial charge in [-0.15, -0.1) is 0 Å². The number of benzene rings is 3. The van der Waals surface area contributed by atoms with E-state index < -0.39 is 0 Å². The first-order valence-corrected chi connectivity index (χ1v) is 10.4. The topological polar surface area (TPSA) is 64.0 Å². The fourth-order valence-corrected chi connectivity index (χ4v) is 4.01. The molecule has 4 rings (SSSR count). The molecular formula is C24H21N3O2S. The molecule has 150 valence electrons. The summed E-state index contributed by atoms with van der Waals surface area (Å²) >= 11 is 1.68. The van der Waals surface area contributed by atoms with E-state index in [0.717, 1.165) is 10.3 Å². The van der Waals surface area contributed by atoms with Gasteiger partial charge in [-0.1, -0.05) is 36.0 Å². The number of hydrogen-bond donors (Lipinski definition) is 1. The average Bonchev–Trinajstić information content (AvgIpc) is 2.74. The van der Waals surface area contributed by atoms with Crippen molar-refractivity contribution in [2.24, 2.45) is 0 Å². The zero-order valence-corrected chi connectivity index (χ0v) is 17.6. The highest BCUT2D eigenvalue weighted by Crippen LogP contribution is 2.29. The Balaban J connectivity index is 1.42. The van der Waals surface area contributed by atoms with E-state index in [1.165, 1.54) is 20.7 Å². The third-order valence-corrected chi connectivity index (χ3v) is 5.90. The zero-order chi connectivity index (χ0) is 21.1. The quantitative estimate of drug-likeness (QED) is 0.508. The fraction of sp³-hybridized carbons (Fsp3) is 0.125. The summed E-state index contributed by atoms with van der Waals surface area (Å²) in [6, 6.07) is 21.3. The number of nitrogens with one attached hydrogen (secondary N) is 1. The normalized spacial score (nSPS) is 10.9. The predicted molar refractivity (Wildman–Crippen MR) is 121 cm³/mol. The molecule has 0 unspecified atom stereocenters. The van der Waals surface area contributed by atoms with Crippen molar-refractivity contribution in [2.75, 3.05) is 5.32 Å². The first-order valence-electron chi connectivity index (χ1n) is 9.59. The van der Waals surface area contributed by atoms with E-state index in [9.17, 15) is 9.59 Å². The van der Waals surface area contributed by atoms with Gasteiger partial charge in [0.15, 0.2) is 0 Å². The van der Waals surface area contributed by atoms with Gasteiger partial charge in [-0.3, -0.25) is 9.59 Å². The highest BCUT2D eigenvalue weighted by molar-refractivity contribution is 7.99. The number of aryl methyl sites for hydroxylation is 2. The van der Waals surface area contributed by atoms with E-state index in [1.807, 2.05) is 36.4 Å². The lowest BCUT2D eigenvalue weighted by atomic mass is 10.1. The Morgan fingerprint density at radius 2 is 1.70 bits per heavy atom. The van der Waals surface area contributed by atoms with E-state index in [-0.39, 0.29) is 18.0 Å². The van der Waals surface area contributed by atoms with Gasteiger partial charge in [-0.05, 0) is 67.4 Å². The lowest BCUT2D eigenvalue weighted by Gasteiger charge is -2.09. The molecule has 1 N–H and O–H groups in total. The van der Waals surface area contributed by atoms with Crippen LogP contribution in [0.1, 0.15) is 11.1 Å². The molecule has 0 saturated heterocycles. The van der Waals surface area contributed by atoms with Crippen LogP contribution in [0.5, 0.6) is 0 Å². The van der Waals surface area contributed by atoms with Gasteiger partial charge in [0, 0.05) is 20.9 Å². The average molecular weight is 416 g/mol. The predicted octanol–water partition coefficient (Wildman–Crippen LogP) is 4.80. The van der Waals surface area contributed by atoms with E-state index in [4.69, 9.17) is 0 Å². The van der Waals surface area contributed by atoms with Crippen LogP contribution < -0.4 is 10.9 Å².